The minimum absolute atomic E-state index is 0.222. The molecule has 1 aliphatic heterocycles. The van der Waals surface area contributed by atoms with Gasteiger partial charge in [-0.15, -0.1) is 0 Å². The van der Waals surface area contributed by atoms with E-state index >= 15 is 0 Å². The zero-order valence-corrected chi connectivity index (χ0v) is 12.8. The zero-order chi connectivity index (χ0) is 15.1. The number of aliphatic carboxylic acids is 1. The maximum atomic E-state index is 10.5. The third-order valence-corrected chi connectivity index (χ3v) is 3.85. The topological polar surface area (TPSA) is 53.0 Å². The van der Waals surface area contributed by atoms with Crippen LogP contribution in [-0.4, -0.2) is 66.8 Å². The van der Waals surface area contributed by atoms with Gasteiger partial charge in [0.15, 0.2) is 0 Å². The van der Waals surface area contributed by atoms with Gasteiger partial charge in [-0.2, -0.15) is 0 Å². The van der Waals surface area contributed by atoms with Crippen molar-refractivity contribution < 1.29 is 14.6 Å². The highest BCUT2D eigenvalue weighted by molar-refractivity contribution is 6.30. The number of carboxylic acids is 1. The summed E-state index contributed by atoms with van der Waals surface area (Å²) in [5, 5.41) is 9.38. The second-order valence-corrected chi connectivity index (χ2v) is 5.57. The fraction of sp³-hybridized carbons (Fsp3) is 0.533. The van der Waals surface area contributed by atoms with Gasteiger partial charge in [0, 0.05) is 44.3 Å². The van der Waals surface area contributed by atoms with Gasteiger partial charge < -0.3 is 14.7 Å². The maximum Gasteiger partial charge on any atom is 0.304 e. The maximum absolute atomic E-state index is 10.5. The molecule has 1 saturated heterocycles. The average molecular weight is 313 g/mol. The summed E-state index contributed by atoms with van der Waals surface area (Å²) in [5.74, 6) is 0.105. The van der Waals surface area contributed by atoms with Gasteiger partial charge in [0.1, 0.15) is 12.4 Å². The summed E-state index contributed by atoms with van der Waals surface area (Å²) in [6, 6.07) is 7.37. The van der Waals surface area contributed by atoms with Gasteiger partial charge in [-0.3, -0.25) is 9.69 Å². The summed E-state index contributed by atoms with van der Waals surface area (Å²) < 4.78 is 5.68. The number of hydrogen-bond acceptors (Lipinski definition) is 4. The van der Waals surface area contributed by atoms with E-state index in [-0.39, 0.29) is 6.42 Å². The molecule has 21 heavy (non-hydrogen) atoms. The van der Waals surface area contributed by atoms with Crippen LogP contribution in [0.2, 0.25) is 5.02 Å². The molecule has 0 aromatic heterocycles. The molecule has 0 unspecified atom stereocenters. The Kier molecular flexibility index (Phi) is 6.29. The quantitative estimate of drug-likeness (QED) is 0.832. The van der Waals surface area contributed by atoms with Crippen molar-refractivity contribution in [1.29, 1.82) is 0 Å². The van der Waals surface area contributed by atoms with Crippen molar-refractivity contribution in [1.82, 2.24) is 9.80 Å². The highest BCUT2D eigenvalue weighted by Crippen LogP contribution is 2.15. The van der Waals surface area contributed by atoms with Gasteiger partial charge in [-0.25, -0.2) is 0 Å². The fourth-order valence-corrected chi connectivity index (χ4v) is 2.44. The Balaban J connectivity index is 1.60. The van der Waals surface area contributed by atoms with Crippen LogP contribution in [0, 0.1) is 0 Å². The molecule has 0 spiro atoms. The van der Waals surface area contributed by atoms with E-state index in [1.165, 1.54) is 0 Å². The van der Waals surface area contributed by atoms with Crippen molar-refractivity contribution in [3.63, 3.8) is 0 Å². The van der Waals surface area contributed by atoms with E-state index in [2.05, 4.69) is 9.80 Å². The van der Waals surface area contributed by atoms with E-state index in [0.29, 0.717) is 18.2 Å². The average Bonchev–Trinajstić information content (AvgIpc) is 2.48. The Morgan fingerprint density at radius 1 is 1.10 bits per heavy atom. The van der Waals surface area contributed by atoms with Gasteiger partial charge in [-0.1, -0.05) is 11.6 Å². The lowest BCUT2D eigenvalue weighted by atomic mass is 10.3. The molecule has 0 bridgehead atoms. The van der Waals surface area contributed by atoms with Crippen molar-refractivity contribution >= 4 is 17.6 Å². The van der Waals surface area contributed by atoms with Gasteiger partial charge in [-0.05, 0) is 24.3 Å². The van der Waals surface area contributed by atoms with Crippen LogP contribution in [0.1, 0.15) is 6.42 Å². The van der Waals surface area contributed by atoms with Crippen LogP contribution in [-0.2, 0) is 4.79 Å². The number of ether oxygens (including phenoxy) is 1. The van der Waals surface area contributed by atoms with E-state index in [1.807, 2.05) is 24.3 Å². The van der Waals surface area contributed by atoms with Crippen LogP contribution in [0.3, 0.4) is 0 Å². The summed E-state index contributed by atoms with van der Waals surface area (Å²) in [6.07, 6.45) is 0.222. The number of rotatable bonds is 7. The van der Waals surface area contributed by atoms with E-state index in [9.17, 15) is 4.79 Å². The first-order valence-electron chi connectivity index (χ1n) is 7.18. The van der Waals surface area contributed by atoms with Crippen molar-refractivity contribution in [2.24, 2.45) is 0 Å². The number of piperazine rings is 1. The SMILES string of the molecule is O=C(O)CCN1CCN(CCOc2ccc(Cl)cc2)CC1. The smallest absolute Gasteiger partial charge is 0.304 e. The fourth-order valence-electron chi connectivity index (χ4n) is 2.31. The second kappa shape index (κ2) is 8.22. The first-order valence-corrected chi connectivity index (χ1v) is 7.56. The van der Waals surface area contributed by atoms with Gasteiger partial charge in [0.25, 0.3) is 0 Å². The zero-order valence-electron chi connectivity index (χ0n) is 12.0. The molecule has 0 atom stereocenters. The molecule has 1 N–H and O–H groups in total. The van der Waals surface area contributed by atoms with Crippen LogP contribution in [0.4, 0.5) is 0 Å². The largest absolute Gasteiger partial charge is 0.492 e. The lowest BCUT2D eigenvalue weighted by molar-refractivity contribution is -0.137. The van der Waals surface area contributed by atoms with Crippen LogP contribution < -0.4 is 4.74 Å². The number of hydrogen-bond donors (Lipinski definition) is 1. The lowest BCUT2D eigenvalue weighted by Gasteiger charge is -2.34. The minimum atomic E-state index is -0.728. The van der Waals surface area contributed by atoms with Crippen molar-refractivity contribution in [3.05, 3.63) is 29.3 Å². The number of nitrogens with zero attached hydrogens (tertiary/aromatic N) is 2. The van der Waals surface area contributed by atoms with E-state index in [0.717, 1.165) is 38.5 Å². The van der Waals surface area contributed by atoms with Crippen molar-refractivity contribution in [2.45, 2.75) is 6.42 Å². The Morgan fingerprint density at radius 2 is 1.67 bits per heavy atom. The molecule has 0 saturated carbocycles. The van der Waals surface area contributed by atoms with Crippen LogP contribution in [0.15, 0.2) is 24.3 Å². The Labute approximate surface area is 130 Å². The van der Waals surface area contributed by atoms with Gasteiger partial charge >= 0.3 is 5.97 Å². The molecular formula is C15H21ClN2O3. The van der Waals surface area contributed by atoms with Gasteiger partial charge in [0.05, 0.1) is 6.42 Å². The van der Waals surface area contributed by atoms with Crippen LogP contribution in [0.25, 0.3) is 0 Å². The predicted octanol–water partition coefficient (Wildman–Crippen LogP) is 1.81. The Hall–Kier alpha value is -1.30. The molecule has 0 radical (unpaired) electrons. The summed E-state index contributed by atoms with van der Waals surface area (Å²) in [6.45, 7) is 5.95. The van der Waals surface area contributed by atoms with Crippen LogP contribution in [0.5, 0.6) is 5.75 Å². The summed E-state index contributed by atoms with van der Waals surface area (Å²) in [7, 11) is 0. The summed E-state index contributed by atoms with van der Waals surface area (Å²) in [5.41, 5.74) is 0. The molecule has 116 valence electrons. The Bertz CT molecular complexity index is 445. The number of carbonyl (C=O) groups is 1. The molecule has 1 aromatic carbocycles. The first kappa shape index (κ1) is 16.1. The molecule has 2 rings (SSSR count). The van der Waals surface area contributed by atoms with Crippen molar-refractivity contribution in [3.8, 4) is 5.75 Å². The van der Waals surface area contributed by atoms with Crippen LogP contribution >= 0.6 is 11.6 Å². The summed E-state index contributed by atoms with van der Waals surface area (Å²) in [4.78, 5) is 15.1. The molecule has 1 aromatic rings. The molecule has 0 aliphatic carbocycles. The monoisotopic (exact) mass is 312 g/mol. The molecule has 1 aliphatic rings. The molecule has 1 heterocycles. The Morgan fingerprint density at radius 3 is 2.24 bits per heavy atom. The third kappa shape index (κ3) is 5.91. The van der Waals surface area contributed by atoms with E-state index in [1.54, 1.807) is 0 Å². The normalized spacial score (nSPS) is 16.8. The lowest BCUT2D eigenvalue weighted by Crippen LogP contribution is -2.47. The molecule has 6 heteroatoms. The molecule has 1 fully saturated rings. The number of carboxylic acid groups (broad SMARTS) is 1. The number of benzene rings is 1. The van der Waals surface area contributed by atoms with E-state index in [4.69, 9.17) is 21.4 Å². The van der Waals surface area contributed by atoms with Gasteiger partial charge in [0.2, 0.25) is 0 Å². The standard InChI is InChI=1S/C15H21ClN2O3/c16-13-1-3-14(4-2-13)21-12-11-18-9-7-17(8-10-18)6-5-15(19)20/h1-4H,5-12H2,(H,19,20). The third-order valence-electron chi connectivity index (χ3n) is 3.60. The molecule has 5 nitrogen and oxygen atoms in total. The minimum Gasteiger partial charge on any atom is -0.492 e. The molecular weight excluding hydrogens is 292 g/mol. The van der Waals surface area contributed by atoms with E-state index < -0.39 is 5.97 Å². The highest BCUT2D eigenvalue weighted by Gasteiger charge is 2.16. The molecule has 0 amide bonds. The van der Waals surface area contributed by atoms with Crippen molar-refractivity contribution in [2.75, 3.05) is 45.9 Å². The number of halogens is 1. The predicted molar refractivity (Wildman–Crippen MR) is 82.1 cm³/mol. The summed E-state index contributed by atoms with van der Waals surface area (Å²) >= 11 is 5.82. The first-order chi connectivity index (χ1) is 10.1. The highest BCUT2D eigenvalue weighted by atomic mass is 35.5. The second-order valence-electron chi connectivity index (χ2n) is 5.13.